The molecule has 0 radical (unpaired) electrons. The molecule has 0 unspecified atom stereocenters. The third-order valence-corrected chi connectivity index (χ3v) is 5.29. The first-order valence-electron chi connectivity index (χ1n) is 10.1. The number of hydrogen-bond acceptors (Lipinski definition) is 6. The number of primary amides is 1. The van der Waals surface area contributed by atoms with Crippen molar-refractivity contribution >= 4 is 11.8 Å². The average Bonchev–Trinajstić information content (AvgIpc) is 3.60. The van der Waals surface area contributed by atoms with Crippen LogP contribution in [0.25, 0.3) is 0 Å². The van der Waals surface area contributed by atoms with E-state index in [1.165, 1.54) is 18.7 Å². The molecule has 4 rings (SSSR count). The van der Waals surface area contributed by atoms with Crippen molar-refractivity contribution in [2.75, 3.05) is 0 Å². The minimum Gasteiger partial charge on any atom is -0.457 e. The molecule has 1 aliphatic rings. The van der Waals surface area contributed by atoms with Crippen LogP contribution < -0.4 is 21.1 Å². The predicted octanol–water partition coefficient (Wildman–Crippen LogP) is 2.93. The van der Waals surface area contributed by atoms with Crippen LogP contribution in [-0.2, 0) is 6.54 Å². The maximum Gasteiger partial charge on any atom is 0.255 e. The molecule has 0 aliphatic heterocycles. The maximum atomic E-state index is 12.4. The summed E-state index contributed by atoms with van der Waals surface area (Å²) in [5.41, 5.74) is 7.48. The number of benzene rings is 2. The normalized spacial score (nSPS) is 13.6. The lowest BCUT2D eigenvalue weighted by molar-refractivity contribution is 0.0935. The number of aromatic nitrogens is 2. The van der Waals surface area contributed by atoms with E-state index in [0.29, 0.717) is 29.2 Å². The summed E-state index contributed by atoms with van der Waals surface area (Å²) in [5, 5.41) is 6.35. The zero-order chi connectivity index (χ0) is 22.6. The summed E-state index contributed by atoms with van der Waals surface area (Å²) in [4.78, 5) is 31.5. The van der Waals surface area contributed by atoms with Crippen LogP contribution in [0.15, 0.2) is 79.5 Å². The molecule has 0 bridgehead atoms. The Morgan fingerprint density at radius 3 is 2.41 bits per heavy atom. The second-order valence-electron chi connectivity index (χ2n) is 7.63. The van der Waals surface area contributed by atoms with Gasteiger partial charge in [0.1, 0.15) is 17.8 Å². The number of nitrogens with two attached hydrogens (primary N) is 1. The number of amides is 2. The second kappa shape index (κ2) is 8.89. The molecule has 1 fully saturated rings. The Balaban J connectivity index is 1.31. The van der Waals surface area contributed by atoms with Gasteiger partial charge in [-0.3, -0.25) is 9.59 Å². The monoisotopic (exact) mass is 429 g/mol. The van der Waals surface area contributed by atoms with Crippen molar-refractivity contribution in [3.05, 3.63) is 96.2 Å². The summed E-state index contributed by atoms with van der Waals surface area (Å²) in [6.07, 6.45) is 6.02. The first-order valence-corrected chi connectivity index (χ1v) is 10.1. The highest BCUT2D eigenvalue weighted by molar-refractivity contribution is 5.94. The van der Waals surface area contributed by atoms with E-state index in [1.54, 1.807) is 24.3 Å². The summed E-state index contributed by atoms with van der Waals surface area (Å²) < 4.78 is 5.80. The molecule has 0 atom stereocenters. The van der Waals surface area contributed by atoms with Crippen LogP contribution >= 0.6 is 0 Å². The van der Waals surface area contributed by atoms with Crippen molar-refractivity contribution in [2.45, 2.75) is 24.9 Å². The van der Waals surface area contributed by atoms with Crippen LogP contribution in [0.2, 0.25) is 0 Å². The number of carbonyl (C=O) groups is 2. The van der Waals surface area contributed by atoms with Crippen molar-refractivity contribution in [3.63, 3.8) is 0 Å². The molecule has 0 spiro atoms. The number of rotatable bonds is 9. The van der Waals surface area contributed by atoms with Crippen LogP contribution in [0.5, 0.6) is 11.5 Å². The van der Waals surface area contributed by atoms with E-state index in [4.69, 9.17) is 10.5 Å². The zero-order valence-electron chi connectivity index (χ0n) is 17.4. The van der Waals surface area contributed by atoms with Gasteiger partial charge in [0.05, 0.1) is 11.1 Å². The van der Waals surface area contributed by atoms with Crippen LogP contribution in [0.1, 0.15) is 39.1 Å². The number of carbonyl (C=O) groups excluding carboxylic acids is 2. The largest absolute Gasteiger partial charge is 0.457 e. The second-order valence-corrected chi connectivity index (χ2v) is 7.63. The minimum atomic E-state index is -0.501. The Morgan fingerprint density at radius 2 is 1.75 bits per heavy atom. The lowest BCUT2D eigenvalue weighted by Gasteiger charge is -2.21. The van der Waals surface area contributed by atoms with Crippen molar-refractivity contribution in [3.8, 4) is 11.5 Å². The predicted molar refractivity (Wildman–Crippen MR) is 119 cm³/mol. The van der Waals surface area contributed by atoms with E-state index < -0.39 is 11.4 Å². The summed E-state index contributed by atoms with van der Waals surface area (Å²) in [7, 11) is 0. The quantitative estimate of drug-likeness (QED) is 0.481. The highest BCUT2D eigenvalue weighted by atomic mass is 16.5. The van der Waals surface area contributed by atoms with E-state index in [1.807, 2.05) is 24.3 Å². The van der Waals surface area contributed by atoms with Gasteiger partial charge in [0, 0.05) is 30.2 Å². The summed E-state index contributed by atoms with van der Waals surface area (Å²) in [6.45, 7) is 4.68. The van der Waals surface area contributed by atoms with Gasteiger partial charge in [0.25, 0.3) is 5.91 Å². The molecular weight excluding hydrogens is 406 g/mol. The Kier molecular flexibility index (Phi) is 5.85. The number of nitrogens with one attached hydrogen (secondary N) is 2. The van der Waals surface area contributed by atoms with Gasteiger partial charge in [-0.05, 0) is 48.7 Å². The van der Waals surface area contributed by atoms with Gasteiger partial charge >= 0.3 is 0 Å². The van der Waals surface area contributed by atoms with Crippen LogP contribution in [0.3, 0.4) is 0 Å². The van der Waals surface area contributed by atoms with Gasteiger partial charge in [-0.25, -0.2) is 9.97 Å². The third kappa shape index (κ3) is 4.92. The molecule has 4 N–H and O–H groups in total. The smallest absolute Gasteiger partial charge is 0.255 e. The molecule has 3 aromatic rings. The molecule has 1 heterocycles. The van der Waals surface area contributed by atoms with Gasteiger partial charge in [0.15, 0.2) is 0 Å². The van der Waals surface area contributed by atoms with E-state index >= 15 is 0 Å². The van der Waals surface area contributed by atoms with Crippen LogP contribution in [0.4, 0.5) is 0 Å². The average molecular weight is 429 g/mol. The highest BCUT2D eigenvalue weighted by Gasteiger charge is 2.47. The summed E-state index contributed by atoms with van der Waals surface area (Å²) in [6, 6.07) is 14.3. The van der Waals surface area contributed by atoms with Gasteiger partial charge in [-0.2, -0.15) is 0 Å². The molecule has 8 nitrogen and oxygen atoms in total. The van der Waals surface area contributed by atoms with E-state index in [-0.39, 0.29) is 5.91 Å². The molecule has 1 aliphatic carbocycles. The van der Waals surface area contributed by atoms with Gasteiger partial charge < -0.3 is 21.1 Å². The summed E-state index contributed by atoms with van der Waals surface area (Å²) in [5.74, 6) is 0.466. The SMILES string of the molecule is C=C(NCc1ccc(Oc2cccc(C(N)=O)c2)cc1)C1(NC(=O)c2cncnc2)CC1. The Hall–Kier alpha value is -4.20. The topological polar surface area (TPSA) is 119 Å². The lowest BCUT2D eigenvalue weighted by atomic mass is 10.1. The standard InChI is InChI=1S/C24H23N5O3/c1-16(24(9-10-24)29-23(31)19-13-26-15-27-14-19)28-12-17-5-7-20(8-6-17)32-21-4-2-3-18(11-21)22(25)30/h2-8,11,13-15,28H,1,9-10,12H2,(H2,25,30)(H,29,31). The molecule has 162 valence electrons. The third-order valence-electron chi connectivity index (χ3n) is 5.29. The highest BCUT2D eigenvalue weighted by Crippen LogP contribution is 2.40. The number of nitrogens with zero attached hydrogens (tertiary/aromatic N) is 2. The molecule has 8 heteroatoms. The van der Waals surface area contributed by atoms with Gasteiger partial charge in [-0.1, -0.05) is 24.8 Å². The fourth-order valence-corrected chi connectivity index (χ4v) is 3.24. The Bertz CT molecular complexity index is 1140. The molecule has 32 heavy (non-hydrogen) atoms. The summed E-state index contributed by atoms with van der Waals surface area (Å²) >= 11 is 0. The van der Waals surface area contributed by atoms with Gasteiger partial charge in [0.2, 0.25) is 5.91 Å². The van der Waals surface area contributed by atoms with Crippen LogP contribution in [-0.4, -0.2) is 27.3 Å². The molecule has 2 aromatic carbocycles. The maximum absolute atomic E-state index is 12.4. The van der Waals surface area contributed by atoms with Crippen molar-refractivity contribution < 1.29 is 14.3 Å². The van der Waals surface area contributed by atoms with Crippen molar-refractivity contribution in [1.82, 2.24) is 20.6 Å². The molecule has 2 amide bonds. The fraction of sp³-hybridized carbons (Fsp3) is 0.167. The molecule has 1 aromatic heterocycles. The first-order chi connectivity index (χ1) is 15.4. The van der Waals surface area contributed by atoms with E-state index in [9.17, 15) is 9.59 Å². The number of hydrogen-bond donors (Lipinski definition) is 3. The molecule has 0 saturated heterocycles. The van der Waals surface area contributed by atoms with Crippen LogP contribution in [0, 0.1) is 0 Å². The van der Waals surface area contributed by atoms with Crippen molar-refractivity contribution in [2.24, 2.45) is 5.73 Å². The fourth-order valence-electron chi connectivity index (χ4n) is 3.24. The zero-order valence-corrected chi connectivity index (χ0v) is 17.4. The van der Waals surface area contributed by atoms with Crippen molar-refractivity contribution in [1.29, 1.82) is 0 Å². The van der Waals surface area contributed by atoms with E-state index in [2.05, 4.69) is 27.2 Å². The Morgan fingerprint density at radius 1 is 1.03 bits per heavy atom. The van der Waals surface area contributed by atoms with Gasteiger partial charge in [-0.15, -0.1) is 0 Å². The van der Waals surface area contributed by atoms with E-state index in [0.717, 1.165) is 24.1 Å². The molecule has 1 saturated carbocycles. The Labute approximate surface area is 185 Å². The number of ether oxygens (including phenoxy) is 1. The first kappa shape index (κ1) is 21.0. The lowest BCUT2D eigenvalue weighted by Crippen LogP contribution is -2.42. The minimum absolute atomic E-state index is 0.215. The molecular formula is C24H23N5O3.